The van der Waals surface area contributed by atoms with E-state index in [0.29, 0.717) is 23.8 Å². The van der Waals surface area contributed by atoms with Gasteiger partial charge >= 0.3 is 5.97 Å². The maximum absolute atomic E-state index is 11.2. The summed E-state index contributed by atoms with van der Waals surface area (Å²) < 4.78 is 0. The highest BCUT2D eigenvalue weighted by Crippen LogP contribution is 2.34. The third-order valence-corrected chi connectivity index (χ3v) is 4.71. The van der Waals surface area contributed by atoms with E-state index >= 15 is 0 Å². The van der Waals surface area contributed by atoms with E-state index in [1.165, 1.54) is 25.5 Å². The van der Waals surface area contributed by atoms with Crippen molar-refractivity contribution >= 4 is 11.7 Å². The van der Waals surface area contributed by atoms with Crippen LogP contribution in [0.15, 0.2) is 18.3 Å². The molecular formula is C15H21N3O2. The van der Waals surface area contributed by atoms with Crippen LogP contribution in [-0.4, -0.2) is 46.1 Å². The van der Waals surface area contributed by atoms with E-state index in [4.69, 9.17) is 0 Å². The summed E-state index contributed by atoms with van der Waals surface area (Å²) in [7, 11) is 2.22. The molecule has 0 radical (unpaired) electrons. The van der Waals surface area contributed by atoms with Gasteiger partial charge in [-0.05, 0) is 44.9 Å². The van der Waals surface area contributed by atoms with Crippen LogP contribution in [-0.2, 0) is 0 Å². The van der Waals surface area contributed by atoms with Crippen LogP contribution in [0.25, 0.3) is 0 Å². The van der Waals surface area contributed by atoms with Gasteiger partial charge in [-0.3, -0.25) is 0 Å². The molecule has 5 heteroatoms. The molecule has 2 atom stereocenters. The lowest BCUT2D eigenvalue weighted by Crippen LogP contribution is -2.52. The van der Waals surface area contributed by atoms with Crippen molar-refractivity contribution in [3.05, 3.63) is 24.0 Å². The molecule has 5 nitrogen and oxygen atoms in total. The first-order valence-corrected chi connectivity index (χ1v) is 7.32. The molecule has 0 aliphatic carbocycles. The van der Waals surface area contributed by atoms with Crippen LogP contribution in [0.4, 0.5) is 5.69 Å². The maximum Gasteiger partial charge on any atom is 0.356 e. The number of piperidine rings is 2. The molecular weight excluding hydrogens is 254 g/mol. The van der Waals surface area contributed by atoms with Gasteiger partial charge in [-0.15, -0.1) is 0 Å². The Bertz CT molecular complexity index is 492. The number of hydrogen-bond acceptors (Lipinski definition) is 4. The molecule has 1 aromatic heterocycles. The zero-order valence-electron chi connectivity index (χ0n) is 11.7. The highest BCUT2D eigenvalue weighted by atomic mass is 16.4. The normalized spacial score (nSPS) is 29.9. The summed E-state index contributed by atoms with van der Waals surface area (Å²) >= 11 is 0. The number of fused-ring (bicyclic) bond motifs is 2. The van der Waals surface area contributed by atoms with E-state index in [0.717, 1.165) is 12.8 Å². The fourth-order valence-corrected chi connectivity index (χ4v) is 3.65. The minimum atomic E-state index is -0.971. The minimum Gasteiger partial charge on any atom is -0.476 e. The molecule has 2 aliphatic rings. The van der Waals surface area contributed by atoms with E-state index in [2.05, 4.69) is 22.2 Å². The van der Waals surface area contributed by atoms with Gasteiger partial charge in [0.15, 0.2) is 5.69 Å². The number of carboxylic acid groups (broad SMARTS) is 1. The van der Waals surface area contributed by atoms with Gasteiger partial charge in [0.1, 0.15) is 0 Å². The summed E-state index contributed by atoms with van der Waals surface area (Å²) in [6, 6.07) is 5.20. The molecule has 2 fully saturated rings. The molecule has 2 N–H and O–H groups in total. The van der Waals surface area contributed by atoms with Gasteiger partial charge in [-0.2, -0.15) is 0 Å². The van der Waals surface area contributed by atoms with E-state index < -0.39 is 5.97 Å². The van der Waals surface area contributed by atoms with Crippen LogP contribution in [0, 0.1) is 0 Å². The second kappa shape index (κ2) is 5.40. The van der Waals surface area contributed by atoms with Crippen molar-refractivity contribution in [1.82, 2.24) is 9.88 Å². The largest absolute Gasteiger partial charge is 0.476 e. The zero-order chi connectivity index (χ0) is 14.1. The highest BCUT2D eigenvalue weighted by Gasteiger charge is 2.36. The van der Waals surface area contributed by atoms with E-state index in [1.54, 1.807) is 6.07 Å². The Kier molecular flexibility index (Phi) is 3.61. The fraction of sp³-hybridized carbons (Fsp3) is 0.600. The lowest BCUT2D eigenvalue weighted by atomic mass is 9.82. The first kappa shape index (κ1) is 13.4. The van der Waals surface area contributed by atoms with Crippen LogP contribution in [0.5, 0.6) is 0 Å². The number of nitrogens with one attached hydrogen (secondary N) is 1. The van der Waals surface area contributed by atoms with E-state index in [1.807, 2.05) is 6.07 Å². The average molecular weight is 275 g/mol. The maximum atomic E-state index is 11.2. The third kappa shape index (κ3) is 2.50. The van der Waals surface area contributed by atoms with Crippen LogP contribution in [0.1, 0.15) is 42.6 Å². The number of aromatic carboxylic acids is 1. The first-order chi connectivity index (χ1) is 9.65. The predicted molar refractivity (Wildman–Crippen MR) is 77.0 cm³/mol. The summed E-state index contributed by atoms with van der Waals surface area (Å²) in [4.78, 5) is 17.7. The second-order valence-corrected chi connectivity index (χ2v) is 5.92. The summed E-state index contributed by atoms with van der Waals surface area (Å²) in [5, 5.41) is 12.6. The average Bonchev–Trinajstić information content (AvgIpc) is 2.40. The molecule has 0 saturated carbocycles. The Morgan fingerprint density at radius 1 is 1.40 bits per heavy atom. The van der Waals surface area contributed by atoms with Crippen LogP contribution < -0.4 is 5.32 Å². The quantitative estimate of drug-likeness (QED) is 0.885. The lowest BCUT2D eigenvalue weighted by molar-refractivity contribution is 0.0607. The summed E-state index contributed by atoms with van der Waals surface area (Å²) in [6.07, 6.45) is 7.52. The van der Waals surface area contributed by atoms with E-state index in [9.17, 15) is 9.90 Å². The van der Waals surface area contributed by atoms with Gasteiger partial charge in [-0.1, -0.05) is 6.42 Å². The van der Waals surface area contributed by atoms with Gasteiger partial charge < -0.3 is 15.3 Å². The van der Waals surface area contributed by atoms with Crippen molar-refractivity contribution < 1.29 is 9.90 Å². The van der Waals surface area contributed by atoms with Gasteiger partial charge in [0.25, 0.3) is 0 Å². The molecule has 0 spiro atoms. The number of nitrogens with zero attached hydrogens (tertiary/aromatic N) is 2. The topological polar surface area (TPSA) is 65.5 Å². The highest BCUT2D eigenvalue weighted by molar-refractivity contribution is 5.91. The molecule has 2 saturated heterocycles. The van der Waals surface area contributed by atoms with Gasteiger partial charge in [0.05, 0.1) is 5.69 Å². The Hall–Kier alpha value is -1.62. The smallest absolute Gasteiger partial charge is 0.356 e. The Morgan fingerprint density at radius 2 is 2.10 bits per heavy atom. The SMILES string of the molecule is CN1C2CCCC1CC(Nc1cccnc1C(=O)O)C2. The van der Waals surface area contributed by atoms with Crippen molar-refractivity contribution in [2.24, 2.45) is 0 Å². The molecule has 3 heterocycles. The van der Waals surface area contributed by atoms with Crippen molar-refractivity contribution in [3.63, 3.8) is 0 Å². The Morgan fingerprint density at radius 3 is 2.75 bits per heavy atom. The Labute approximate surface area is 119 Å². The summed E-state index contributed by atoms with van der Waals surface area (Å²) in [5.41, 5.74) is 0.768. The van der Waals surface area contributed by atoms with Gasteiger partial charge in [-0.25, -0.2) is 9.78 Å². The molecule has 2 bridgehead atoms. The molecule has 3 rings (SSSR count). The van der Waals surface area contributed by atoms with E-state index in [-0.39, 0.29) is 5.69 Å². The van der Waals surface area contributed by atoms with Gasteiger partial charge in [0.2, 0.25) is 0 Å². The summed E-state index contributed by atoms with van der Waals surface area (Å²) in [6.45, 7) is 0. The minimum absolute atomic E-state index is 0.122. The summed E-state index contributed by atoms with van der Waals surface area (Å²) in [5.74, 6) is -0.971. The molecule has 1 aromatic rings. The molecule has 2 unspecified atom stereocenters. The number of anilines is 1. The van der Waals surface area contributed by atoms with Gasteiger partial charge in [0, 0.05) is 24.3 Å². The Balaban J connectivity index is 1.74. The zero-order valence-corrected chi connectivity index (χ0v) is 11.7. The predicted octanol–water partition coefficient (Wildman–Crippen LogP) is 2.21. The fourth-order valence-electron chi connectivity index (χ4n) is 3.65. The number of hydrogen-bond donors (Lipinski definition) is 2. The first-order valence-electron chi connectivity index (χ1n) is 7.32. The monoisotopic (exact) mass is 275 g/mol. The molecule has 2 aliphatic heterocycles. The third-order valence-electron chi connectivity index (χ3n) is 4.71. The standard InChI is InChI=1S/C15H21N3O2/c1-18-11-4-2-5-12(18)9-10(8-11)17-13-6-3-7-16-14(13)15(19)20/h3,6-7,10-12,17H,2,4-5,8-9H2,1H3,(H,19,20). The van der Waals surface area contributed by atoms with Crippen molar-refractivity contribution in [3.8, 4) is 0 Å². The van der Waals surface area contributed by atoms with Crippen LogP contribution >= 0.6 is 0 Å². The number of rotatable bonds is 3. The molecule has 0 aromatic carbocycles. The van der Waals surface area contributed by atoms with Crippen molar-refractivity contribution in [2.75, 3.05) is 12.4 Å². The van der Waals surface area contributed by atoms with Crippen molar-refractivity contribution in [1.29, 1.82) is 0 Å². The second-order valence-electron chi connectivity index (χ2n) is 5.92. The van der Waals surface area contributed by atoms with Crippen LogP contribution in [0.2, 0.25) is 0 Å². The van der Waals surface area contributed by atoms with Crippen LogP contribution in [0.3, 0.4) is 0 Å². The molecule has 20 heavy (non-hydrogen) atoms. The molecule has 0 amide bonds. The lowest BCUT2D eigenvalue weighted by Gasteiger charge is -2.47. The number of aromatic nitrogens is 1. The molecule has 108 valence electrons. The number of pyridine rings is 1. The number of carboxylic acids is 1. The van der Waals surface area contributed by atoms with Crippen molar-refractivity contribution in [2.45, 2.75) is 50.2 Å². The number of carbonyl (C=O) groups is 1.